The van der Waals surface area contributed by atoms with Gasteiger partial charge < -0.3 is 16.2 Å². The number of carboxylic acids is 1. The minimum atomic E-state index is -0.981. The molecule has 0 aromatic heterocycles. The van der Waals surface area contributed by atoms with Crippen LogP contribution in [0, 0.1) is 0 Å². The number of nitrogens with one attached hydrogen (secondary N) is 1. The van der Waals surface area contributed by atoms with Crippen molar-refractivity contribution in [3.63, 3.8) is 0 Å². The number of carbonyl (C=O) groups is 2. The highest BCUT2D eigenvalue weighted by Gasteiger charge is 2.18. The van der Waals surface area contributed by atoms with Crippen molar-refractivity contribution in [2.75, 3.05) is 6.54 Å². The molecule has 31 heavy (non-hydrogen) atoms. The molecule has 1 atom stereocenters. The van der Waals surface area contributed by atoms with E-state index in [1.165, 1.54) is 25.7 Å². The lowest BCUT2D eigenvalue weighted by atomic mass is 10.1. The fraction of sp³-hybridized carbons (Fsp3) is 0.615. The van der Waals surface area contributed by atoms with Gasteiger partial charge in [0.15, 0.2) is 0 Å². The SMILES string of the molecule is CCCCC/C=C\C/C=C\C/C=C\C/C=C\CCCC(=O)N[C@@H](CCCCN)C(=O)O. The number of carboxylic acid groups (broad SMARTS) is 1. The first kappa shape index (κ1) is 28.9. The molecule has 0 aliphatic heterocycles. The van der Waals surface area contributed by atoms with Crippen LogP contribution < -0.4 is 11.1 Å². The van der Waals surface area contributed by atoms with Gasteiger partial charge in [-0.3, -0.25) is 4.79 Å². The highest BCUT2D eigenvalue weighted by Crippen LogP contribution is 2.04. The van der Waals surface area contributed by atoms with Crippen LogP contribution in [0.25, 0.3) is 0 Å². The number of rotatable bonds is 20. The van der Waals surface area contributed by atoms with E-state index in [0.29, 0.717) is 25.8 Å². The quantitative estimate of drug-likeness (QED) is 0.167. The summed E-state index contributed by atoms with van der Waals surface area (Å²) in [7, 11) is 0. The van der Waals surface area contributed by atoms with Crippen molar-refractivity contribution in [2.45, 2.75) is 96.4 Å². The summed E-state index contributed by atoms with van der Waals surface area (Å²) in [6.07, 6.45) is 29.1. The van der Waals surface area contributed by atoms with Gasteiger partial charge in [0.1, 0.15) is 6.04 Å². The predicted octanol–water partition coefficient (Wildman–Crippen LogP) is 5.83. The Morgan fingerprint density at radius 2 is 1.35 bits per heavy atom. The Balaban J connectivity index is 3.73. The number of amides is 1. The molecule has 0 radical (unpaired) electrons. The summed E-state index contributed by atoms with van der Waals surface area (Å²) >= 11 is 0. The Hall–Kier alpha value is -2.14. The van der Waals surface area contributed by atoms with E-state index in [0.717, 1.165) is 38.5 Å². The van der Waals surface area contributed by atoms with Crippen molar-refractivity contribution >= 4 is 11.9 Å². The zero-order valence-corrected chi connectivity index (χ0v) is 19.4. The summed E-state index contributed by atoms with van der Waals surface area (Å²) in [4.78, 5) is 23.1. The molecule has 0 bridgehead atoms. The third-order valence-electron chi connectivity index (χ3n) is 4.81. The summed E-state index contributed by atoms with van der Waals surface area (Å²) in [6, 6.07) is -0.810. The van der Waals surface area contributed by atoms with E-state index in [9.17, 15) is 14.7 Å². The average molecular weight is 433 g/mol. The maximum Gasteiger partial charge on any atom is 0.326 e. The van der Waals surface area contributed by atoms with Crippen LogP contribution in [-0.2, 0) is 9.59 Å². The van der Waals surface area contributed by atoms with Gasteiger partial charge in [-0.15, -0.1) is 0 Å². The number of hydrogen-bond donors (Lipinski definition) is 3. The highest BCUT2D eigenvalue weighted by molar-refractivity contribution is 5.83. The second-order valence-corrected chi connectivity index (χ2v) is 7.72. The van der Waals surface area contributed by atoms with Crippen molar-refractivity contribution in [3.8, 4) is 0 Å². The zero-order chi connectivity index (χ0) is 23.0. The normalized spacial score (nSPS) is 13.1. The number of nitrogens with two attached hydrogens (primary N) is 1. The Kier molecular flexibility index (Phi) is 21.0. The summed E-state index contributed by atoms with van der Waals surface area (Å²) in [5.74, 6) is -1.18. The van der Waals surface area contributed by atoms with E-state index in [2.05, 4.69) is 60.8 Å². The van der Waals surface area contributed by atoms with E-state index in [1.807, 2.05) is 0 Å². The van der Waals surface area contributed by atoms with Crippen LogP contribution in [0.5, 0.6) is 0 Å². The van der Waals surface area contributed by atoms with Gasteiger partial charge in [0.2, 0.25) is 5.91 Å². The molecule has 0 heterocycles. The predicted molar refractivity (Wildman–Crippen MR) is 131 cm³/mol. The van der Waals surface area contributed by atoms with Gasteiger partial charge in [-0.2, -0.15) is 0 Å². The zero-order valence-electron chi connectivity index (χ0n) is 19.4. The fourth-order valence-electron chi connectivity index (χ4n) is 2.96. The summed E-state index contributed by atoms with van der Waals surface area (Å²) in [5, 5.41) is 11.8. The second kappa shape index (κ2) is 22.5. The highest BCUT2D eigenvalue weighted by atomic mass is 16.4. The first-order chi connectivity index (χ1) is 15.1. The number of hydrogen-bond acceptors (Lipinski definition) is 3. The largest absolute Gasteiger partial charge is 0.480 e. The Labute approximate surface area is 189 Å². The molecule has 0 saturated carbocycles. The van der Waals surface area contributed by atoms with Gasteiger partial charge in [0.25, 0.3) is 0 Å². The van der Waals surface area contributed by atoms with E-state index in [1.54, 1.807) is 0 Å². The third kappa shape index (κ3) is 20.9. The maximum atomic E-state index is 11.9. The average Bonchev–Trinajstić information content (AvgIpc) is 2.75. The smallest absolute Gasteiger partial charge is 0.326 e. The molecule has 0 aromatic carbocycles. The lowest BCUT2D eigenvalue weighted by Crippen LogP contribution is -2.40. The summed E-state index contributed by atoms with van der Waals surface area (Å²) < 4.78 is 0. The molecule has 0 unspecified atom stereocenters. The molecule has 5 heteroatoms. The molecule has 0 aromatic rings. The van der Waals surface area contributed by atoms with Crippen LogP contribution >= 0.6 is 0 Å². The molecule has 1 amide bonds. The first-order valence-corrected chi connectivity index (χ1v) is 11.9. The number of carbonyl (C=O) groups excluding carboxylic acids is 1. The van der Waals surface area contributed by atoms with E-state index in [-0.39, 0.29) is 5.91 Å². The van der Waals surface area contributed by atoms with Crippen molar-refractivity contribution in [1.29, 1.82) is 0 Å². The topological polar surface area (TPSA) is 92.4 Å². The number of allylic oxidation sites excluding steroid dienone is 8. The van der Waals surface area contributed by atoms with Gasteiger partial charge in [-0.05, 0) is 70.8 Å². The van der Waals surface area contributed by atoms with Gasteiger partial charge in [0, 0.05) is 6.42 Å². The molecule has 176 valence electrons. The molecular formula is C26H44N2O3. The van der Waals surface area contributed by atoms with E-state index < -0.39 is 12.0 Å². The van der Waals surface area contributed by atoms with Gasteiger partial charge in [-0.25, -0.2) is 4.79 Å². The van der Waals surface area contributed by atoms with E-state index >= 15 is 0 Å². The summed E-state index contributed by atoms with van der Waals surface area (Å²) in [5.41, 5.74) is 5.42. The molecule has 4 N–H and O–H groups in total. The fourth-order valence-corrected chi connectivity index (χ4v) is 2.96. The lowest BCUT2D eigenvalue weighted by Gasteiger charge is -2.14. The molecule has 0 fully saturated rings. The van der Waals surface area contributed by atoms with Crippen LogP contribution in [0.2, 0.25) is 0 Å². The Morgan fingerprint density at radius 3 is 1.87 bits per heavy atom. The monoisotopic (exact) mass is 432 g/mol. The molecule has 5 nitrogen and oxygen atoms in total. The van der Waals surface area contributed by atoms with E-state index in [4.69, 9.17) is 5.73 Å². The van der Waals surface area contributed by atoms with Crippen LogP contribution in [0.1, 0.15) is 90.4 Å². The van der Waals surface area contributed by atoms with Crippen molar-refractivity contribution in [3.05, 3.63) is 48.6 Å². The van der Waals surface area contributed by atoms with Gasteiger partial charge in [-0.1, -0.05) is 68.4 Å². The Bertz CT molecular complexity index is 565. The number of unbranched alkanes of at least 4 members (excludes halogenated alkanes) is 5. The van der Waals surface area contributed by atoms with Crippen LogP contribution in [0.4, 0.5) is 0 Å². The number of aliphatic carboxylic acids is 1. The molecule has 0 saturated heterocycles. The molecule has 0 spiro atoms. The second-order valence-electron chi connectivity index (χ2n) is 7.72. The maximum absolute atomic E-state index is 11.9. The third-order valence-corrected chi connectivity index (χ3v) is 4.81. The Morgan fingerprint density at radius 1 is 0.806 bits per heavy atom. The summed E-state index contributed by atoms with van der Waals surface area (Å²) in [6.45, 7) is 2.76. The minimum absolute atomic E-state index is 0.198. The van der Waals surface area contributed by atoms with Crippen molar-refractivity contribution in [2.24, 2.45) is 5.73 Å². The molecule has 0 rings (SSSR count). The first-order valence-electron chi connectivity index (χ1n) is 11.9. The standard InChI is InChI=1S/C26H44N2O3/c1-2-3-4-5-6-7-8-9-10-11-12-13-14-15-16-17-18-22-25(29)28-24(26(30)31)21-19-20-23-27/h6-7,9-10,12-13,15-16,24H,2-5,8,11,14,17-23,27H2,1H3,(H,28,29)(H,30,31)/b7-6-,10-9-,13-12-,16-15-/t24-/m0/s1. The molecule has 0 aliphatic carbocycles. The minimum Gasteiger partial charge on any atom is -0.480 e. The molecular weight excluding hydrogens is 388 g/mol. The van der Waals surface area contributed by atoms with Gasteiger partial charge in [0.05, 0.1) is 0 Å². The van der Waals surface area contributed by atoms with Crippen LogP contribution in [0.3, 0.4) is 0 Å². The van der Waals surface area contributed by atoms with Crippen molar-refractivity contribution < 1.29 is 14.7 Å². The van der Waals surface area contributed by atoms with Crippen LogP contribution in [-0.4, -0.2) is 29.6 Å². The lowest BCUT2D eigenvalue weighted by molar-refractivity contribution is -0.142. The van der Waals surface area contributed by atoms with Crippen LogP contribution in [0.15, 0.2) is 48.6 Å². The molecule has 0 aliphatic rings. The van der Waals surface area contributed by atoms with Gasteiger partial charge >= 0.3 is 5.97 Å². The van der Waals surface area contributed by atoms with Crippen molar-refractivity contribution in [1.82, 2.24) is 5.32 Å².